The highest BCUT2D eigenvalue weighted by Gasteiger charge is 2.23. The number of nitrogens with zero attached hydrogens (tertiary/aromatic N) is 3. The summed E-state index contributed by atoms with van der Waals surface area (Å²) >= 11 is 6.15. The Bertz CT molecular complexity index is 1360. The summed E-state index contributed by atoms with van der Waals surface area (Å²) in [4.78, 5) is 45.6. The van der Waals surface area contributed by atoms with Crippen LogP contribution in [0.5, 0.6) is 0 Å². The first-order chi connectivity index (χ1) is 18.2. The second-order valence-corrected chi connectivity index (χ2v) is 9.50. The van der Waals surface area contributed by atoms with Gasteiger partial charge in [-0.05, 0) is 62.7 Å². The molecule has 0 unspecified atom stereocenters. The van der Waals surface area contributed by atoms with Crippen molar-refractivity contribution in [3.63, 3.8) is 0 Å². The van der Waals surface area contributed by atoms with Crippen LogP contribution in [0.25, 0.3) is 10.9 Å². The van der Waals surface area contributed by atoms with Crippen molar-refractivity contribution >= 4 is 57.6 Å². The predicted octanol–water partition coefficient (Wildman–Crippen LogP) is 4.86. The van der Waals surface area contributed by atoms with Crippen LogP contribution < -0.4 is 16.0 Å². The first kappa shape index (κ1) is 27.2. The molecule has 11 heteroatoms. The number of hydrogen-bond acceptors (Lipinski definition) is 6. The normalized spacial score (nSPS) is 13.7. The highest BCUT2D eigenvalue weighted by Crippen LogP contribution is 2.27. The fourth-order valence-electron chi connectivity index (χ4n) is 4.20. The fraction of sp³-hybridized carbons (Fsp3) is 0.333. The van der Waals surface area contributed by atoms with Crippen LogP contribution in [0.4, 0.5) is 26.7 Å². The van der Waals surface area contributed by atoms with Gasteiger partial charge in [-0.1, -0.05) is 17.7 Å². The number of amides is 4. The van der Waals surface area contributed by atoms with Crippen molar-refractivity contribution < 1.29 is 19.1 Å². The maximum atomic E-state index is 12.9. The smallest absolute Gasteiger partial charge is 0.409 e. The molecule has 0 spiro atoms. The van der Waals surface area contributed by atoms with Crippen LogP contribution in [0.3, 0.4) is 0 Å². The van der Waals surface area contributed by atoms with Gasteiger partial charge in [0.15, 0.2) is 0 Å². The topological polar surface area (TPSA) is 116 Å². The Balaban J connectivity index is 1.41. The van der Waals surface area contributed by atoms with E-state index < -0.39 is 6.03 Å². The third kappa shape index (κ3) is 6.90. The molecule has 1 aliphatic rings. The van der Waals surface area contributed by atoms with Crippen molar-refractivity contribution in [1.29, 1.82) is 0 Å². The van der Waals surface area contributed by atoms with Crippen LogP contribution >= 0.6 is 11.6 Å². The number of aromatic nitrogens is 1. The van der Waals surface area contributed by atoms with Gasteiger partial charge in [0.2, 0.25) is 5.91 Å². The van der Waals surface area contributed by atoms with E-state index in [1.54, 1.807) is 48.2 Å². The maximum Gasteiger partial charge on any atom is 0.409 e. The van der Waals surface area contributed by atoms with Crippen LogP contribution in [0.15, 0.2) is 42.5 Å². The van der Waals surface area contributed by atoms with Crippen molar-refractivity contribution in [1.82, 2.24) is 14.8 Å². The van der Waals surface area contributed by atoms with E-state index in [1.165, 1.54) is 0 Å². The molecule has 0 aliphatic carbocycles. The van der Waals surface area contributed by atoms with Crippen molar-refractivity contribution in [2.75, 3.05) is 55.3 Å². The molecule has 2 heterocycles. The molecule has 0 radical (unpaired) electrons. The van der Waals surface area contributed by atoms with Crippen molar-refractivity contribution in [3.05, 3.63) is 58.7 Å². The van der Waals surface area contributed by atoms with Crippen molar-refractivity contribution in [2.24, 2.45) is 0 Å². The Morgan fingerprint density at radius 1 is 0.947 bits per heavy atom. The third-order valence-electron chi connectivity index (χ3n) is 6.16. The number of halogens is 1. The molecule has 3 aromatic rings. The Morgan fingerprint density at radius 2 is 1.63 bits per heavy atom. The number of rotatable bonds is 6. The van der Waals surface area contributed by atoms with E-state index in [9.17, 15) is 14.4 Å². The highest BCUT2D eigenvalue weighted by atomic mass is 35.5. The number of carbonyl (C=O) groups is 3. The summed E-state index contributed by atoms with van der Waals surface area (Å²) in [5, 5.41) is 9.84. The number of benzene rings is 2. The first-order valence-electron chi connectivity index (χ1n) is 12.4. The average Bonchev–Trinajstić information content (AvgIpc) is 2.87. The van der Waals surface area contributed by atoms with Gasteiger partial charge in [-0.3, -0.25) is 14.7 Å². The molecule has 10 nitrogen and oxygen atoms in total. The molecule has 2 aromatic carbocycles. The zero-order valence-corrected chi connectivity index (χ0v) is 22.4. The Morgan fingerprint density at radius 3 is 2.32 bits per heavy atom. The molecule has 4 amide bonds. The molecule has 38 heavy (non-hydrogen) atoms. The number of carbonyl (C=O) groups excluding carboxylic acids is 3. The van der Waals surface area contributed by atoms with Crippen LogP contribution in [-0.4, -0.2) is 72.1 Å². The Kier molecular flexibility index (Phi) is 8.65. The third-order valence-corrected chi connectivity index (χ3v) is 6.57. The van der Waals surface area contributed by atoms with Crippen molar-refractivity contribution in [3.8, 4) is 0 Å². The number of ether oxygens (including phenoxy) is 1. The number of hydrogen-bond donors (Lipinski definition) is 3. The lowest BCUT2D eigenvalue weighted by Crippen LogP contribution is -2.50. The zero-order chi connectivity index (χ0) is 27.2. The van der Waals surface area contributed by atoms with Crippen LogP contribution in [0, 0.1) is 13.8 Å². The summed E-state index contributed by atoms with van der Waals surface area (Å²) in [6.45, 7) is 8.23. The second-order valence-electron chi connectivity index (χ2n) is 9.10. The van der Waals surface area contributed by atoms with Gasteiger partial charge in [0.1, 0.15) is 0 Å². The van der Waals surface area contributed by atoms with Crippen molar-refractivity contribution in [2.45, 2.75) is 20.8 Å². The minimum atomic E-state index is -0.420. The lowest BCUT2D eigenvalue weighted by molar-refractivity contribution is -0.117. The summed E-state index contributed by atoms with van der Waals surface area (Å²) in [7, 11) is 0. The molecular weight excluding hydrogens is 508 g/mol. The summed E-state index contributed by atoms with van der Waals surface area (Å²) in [5.74, 6) is -0.172. The minimum Gasteiger partial charge on any atom is -0.450 e. The molecule has 1 aromatic heterocycles. The monoisotopic (exact) mass is 538 g/mol. The largest absolute Gasteiger partial charge is 0.450 e. The van der Waals surface area contributed by atoms with E-state index >= 15 is 0 Å². The van der Waals surface area contributed by atoms with Crippen LogP contribution in [0.2, 0.25) is 5.02 Å². The van der Waals surface area contributed by atoms with Gasteiger partial charge in [0.05, 0.1) is 24.4 Å². The number of fused-ring (bicyclic) bond motifs is 1. The molecule has 1 saturated heterocycles. The van der Waals surface area contributed by atoms with Gasteiger partial charge in [-0.25, -0.2) is 9.59 Å². The van der Waals surface area contributed by atoms with Crippen LogP contribution in [0.1, 0.15) is 18.2 Å². The molecule has 1 aliphatic heterocycles. The molecule has 0 atom stereocenters. The minimum absolute atomic E-state index is 0.172. The Hall–Kier alpha value is -3.89. The molecule has 0 bridgehead atoms. The van der Waals surface area contributed by atoms with E-state index in [4.69, 9.17) is 16.3 Å². The summed E-state index contributed by atoms with van der Waals surface area (Å²) in [6, 6.07) is 12.0. The number of pyridine rings is 1. The lowest BCUT2D eigenvalue weighted by Gasteiger charge is -2.33. The average molecular weight is 539 g/mol. The molecule has 1 fully saturated rings. The van der Waals surface area contributed by atoms with E-state index in [-0.39, 0.29) is 18.5 Å². The highest BCUT2D eigenvalue weighted by molar-refractivity contribution is 6.31. The number of anilines is 3. The molecular formula is C27H31ClN6O4. The number of aryl methyl sites for hydroxylation is 2. The number of urea groups is 1. The quantitative estimate of drug-likeness (QED) is 0.413. The molecule has 4 rings (SSSR count). The predicted molar refractivity (Wildman–Crippen MR) is 149 cm³/mol. The van der Waals surface area contributed by atoms with Crippen LogP contribution in [-0.2, 0) is 9.53 Å². The SMILES string of the molecule is CCOC(=O)N1CCN(CC(=O)Nc2cc(C)nc3ccc(NC(=O)Nc4ccc(C)c(Cl)c4)cc23)CC1. The standard InChI is InChI=1S/C27H31ClN6O4/c1-4-38-27(37)34-11-9-33(10-12-34)16-25(35)32-24-13-18(3)29-23-8-7-19(14-21(23)24)30-26(36)31-20-6-5-17(2)22(28)15-20/h5-8,13-15H,4,9-12,16H2,1-3H3,(H,29,32,35)(H2,30,31,36). The summed E-state index contributed by atoms with van der Waals surface area (Å²) in [6.07, 6.45) is -0.323. The number of piperazine rings is 1. The van der Waals surface area contributed by atoms with E-state index in [0.717, 1.165) is 11.3 Å². The second kappa shape index (κ2) is 12.1. The van der Waals surface area contributed by atoms with Gasteiger partial charge < -0.3 is 25.6 Å². The number of nitrogens with one attached hydrogen (secondary N) is 3. The van der Waals surface area contributed by atoms with Gasteiger partial charge in [-0.2, -0.15) is 0 Å². The zero-order valence-electron chi connectivity index (χ0n) is 21.6. The summed E-state index contributed by atoms with van der Waals surface area (Å²) in [5.41, 5.74) is 4.10. The fourth-order valence-corrected chi connectivity index (χ4v) is 4.38. The molecule has 200 valence electrons. The van der Waals surface area contributed by atoms with E-state index in [0.29, 0.717) is 65.8 Å². The van der Waals surface area contributed by atoms with Gasteiger partial charge in [0.25, 0.3) is 0 Å². The first-order valence-corrected chi connectivity index (χ1v) is 12.8. The lowest BCUT2D eigenvalue weighted by atomic mass is 10.1. The van der Waals surface area contributed by atoms with E-state index in [1.807, 2.05) is 24.8 Å². The van der Waals surface area contributed by atoms with Gasteiger partial charge in [-0.15, -0.1) is 0 Å². The molecule has 3 N–H and O–H groups in total. The Labute approximate surface area is 226 Å². The summed E-state index contributed by atoms with van der Waals surface area (Å²) < 4.78 is 5.05. The van der Waals surface area contributed by atoms with Gasteiger partial charge in [0, 0.05) is 53.7 Å². The van der Waals surface area contributed by atoms with E-state index in [2.05, 4.69) is 20.9 Å². The maximum absolute atomic E-state index is 12.9. The van der Waals surface area contributed by atoms with Gasteiger partial charge >= 0.3 is 12.1 Å². The molecule has 0 saturated carbocycles.